The van der Waals surface area contributed by atoms with Crippen LogP contribution in [0.1, 0.15) is 40.7 Å². The first-order valence-corrected chi connectivity index (χ1v) is 6.86. The lowest BCUT2D eigenvalue weighted by Gasteiger charge is -2.22. The molecule has 0 amide bonds. The largest absolute Gasteiger partial charge is 0.388 e. The van der Waals surface area contributed by atoms with E-state index in [-0.39, 0.29) is 11.7 Å². The standard InChI is InChI=1S/C18H17FO/c1-2-5-16-17-11-14(19)9-8-13(17)10-12-6-3-4-7-15(12)18(16)20/h2-4,6-9,11,16,18,20H,1,5,10H2/t16-,18-/m0/s1. The first kappa shape index (κ1) is 13.1. The van der Waals surface area contributed by atoms with Gasteiger partial charge in [0.1, 0.15) is 5.82 Å². The van der Waals surface area contributed by atoms with Gasteiger partial charge in [0.15, 0.2) is 0 Å². The summed E-state index contributed by atoms with van der Waals surface area (Å²) >= 11 is 0. The quantitative estimate of drug-likeness (QED) is 0.812. The Morgan fingerprint density at radius 2 is 1.90 bits per heavy atom. The fourth-order valence-corrected chi connectivity index (χ4v) is 3.08. The van der Waals surface area contributed by atoms with E-state index >= 15 is 0 Å². The van der Waals surface area contributed by atoms with E-state index in [0.717, 1.165) is 28.7 Å². The van der Waals surface area contributed by atoms with Gasteiger partial charge in [0.25, 0.3) is 0 Å². The maximum atomic E-state index is 13.6. The Bertz CT molecular complexity index is 648. The number of allylic oxidation sites excluding steroid dienone is 1. The van der Waals surface area contributed by atoms with Crippen molar-refractivity contribution < 1.29 is 9.50 Å². The average molecular weight is 268 g/mol. The molecule has 0 fully saturated rings. The molecule has 0 aliphatic heterocycles. The molecule has 0 heterocycles. The van der Waals surface area contributed by atoms with Gasteiger partial charge in [-0.15, -0.1) is 6.58 Å². The number of hydrogen-bond acceptors (Lipinski definition) is 1. The van der Waals surface area contributed by atoms with Gasteiger partial charge in [-0.2, -0.15) is 0 Å². The molecule has 0 saturated carbocycles. The third-order valence-corrected chi connectivity index (χ3v) is 4.06. The van der Waals surface area contributed by atoms with Crippen molar-refractivity contribution in [2.24, 2.45) is 0 Å². The van der Waals surface area contributed by atoms with Crippen LogP contribution < -0.4 is 0 Å². The molecule has 0 aromatic heterocycles. The maximum absolute atomic E-state index is 13.6. The zero-order valence-electron chi connectivity index (χ0n) is 11.2. The van der Waals surface area contributed by atoms with Crippen LogP contribution in [0, 0.1) is 5.82 Å². The molecule has 102 valence electrons. The monoisotopic (exact) mass is 268 g/mol. The number of aliphatic hydroxyl groups excluding tert-OH is 1. The fourth-order valence-electron chi connectivity index (χ4n) is 3.08. The van der Waals surface area contributed by atoms with Crippen LogP contribution in [0.2, 0.25) is 0 Å². The van der Waals surface area contributed by atoms with E-state index in [2.05, 4.69) is 6.58 Å². The first-order chi connectivity index (χ1) is 9.70. The van der Waals surface area contributed by atoms with Crippen LogP contribution in [0.4, 0.5) is 4.39 Å². The molecule has 2 aromatic carbocycles. The zero-order valence-corrected chi connectivity index (χ0v) is 11.2. The minimum absolute atomic E-state index is 0.137. The van der Waals surface area contributed by atoms with Gasteiger partial charge in [0.05, 0.1) is 6.10 Å². The van der Waals surface area contributed by atoms with E-state index in [1.165, 1.54) is 6.07 Å². The van der Waals surface area contributed by atoms with Gasteiger partial charge >= 0.3 is 0 Å². The predicted octanol–water partition coefficient (Wildman–Crippen LogP) is 4.12. The van der Waals surface area contributed by atoms with Crippen LogP contribution in [0.15, 0.2) is 55.1 Å². The van der Waals surface area contributed by atoms with Gasteiger partial charge < -0.3 is 5.11 Å². The third-order valence-electron chi connectivity index (χ3n) is 4.06. The van der Waals surface area contributed by atoms with E-state index in [1.807, 2.05) is 30.3 Å². The van der Waals surface area contributed by atoms with Crippen LogP contribution in [0.25, 0.3) is 0 Å². The summed E-state index contributed by atoms with van der Waals surface area (Å²) < 4.78 is 13.6. The summed E-state index contributed by atoms with van der Waals surface area (Å²) in [6, 6.07) is 12.8. The fraction of sp³-hybridized carbons (Fsp3) is 0.222. The summed E-state index contributed by atoms with van der Waals surface area (Å²) in [4.78, 5) is 0. The second-order valence-electron chi connectivity index (χ2n) is 5.29. The SMILES string of the molecule is C=CC[C@H]1c2cc(F)ccc2Cc2ccccc2[C@@H]1O. The number of benzene rings is 2. The van der Waals surface area contributed by atoms with Crippen molar-refractivity contribution >= 4 is 0 Å². The Morgan fingerprint density at radius 3 is 2.70 bits per heavy atom. The summed E-state index contributed by atoms with van der Waals surface area (Å²) in [5.41, 5.74) is 4.03. The number of rotatable bonds is 2. The Morgan fingerprint density at radius 1 is 1.15 bits per heavy atom. The lowest BCUT2D eigenvalue weighted by Crippen LogP contribution is -2.10. The van der Waals surface area contributed by atoms with Gasteiger partial charge in [-0.1, -0.05) is 36.4 Å². The minimum Gasteiger partial charge on any atom is -0.388 e. The summed E-state index contributed by atoms with van der Waals surface area (Å²) in [5.74, 6) is -0.391. The normalized spacial score (nSPS) is 20.7. The van der Waals surface area contributed by atoms with Crippen LogP contribution >= 0.6 is 0 Å². The molecule has 0 spiro atoms. The lowest BCUT2D eigenvalue weighted by atomic mass is 9.86. The highest BCUT2D eigenvalue weighted by molar-refractivity contribution is 5.44. The number of halogens is 1. The highest BCUT2D eigenvalue weighted by Gasteiger charge is 2.29. The number of hydrogen-bond donors (Lipinski definition) is 1. The highest BCUT2D eigenvalue weighted by Crippen LogP contribution is 2.41. The smallest absolute Gasteiger partial charge is 0.123 e. The molecule has 1 N–H and O–H groups in total. The zero-order chi connectivity index (χ0) is 14.1. The molecule has 2 aromatic rings. The van der Waals surface area contributed by atoms with E-state index < -0.39 is 6.10 Å². The molecule has 3 rings (SSSR count). The summed E-state index contributed by atoms with van der Waals surface area (Å²) in [6.45, 7) is 3.77. The molecular weight excluding hydrogens is 251 g/mol. The number of fused-ring (bicyclic) bond motifs is 2. The summed E-state index contributed by atoms with van der Waals surface area (Å²) in [5, 5.41) is 10.7. The third kappa shape index (κ3) is 2.16. The van der Waals surface area contributed by atoms with Gasteiger partial charge in [-0.05, 0) is 47.2 Å². The van der Waals surface area contributed by atoms with Crippen molar-refractivity contribution in [1.82, 2.24) is 0 Å². The van der Waals surface area contributed by atoms with Gasteiger partial charge in [0.2, 0.25) is 0 Å². The topological polar surface area (TPSA) is 20.2 Å². The molecule has 2 atom stereocenters. The Kier molecular flexibility index (Phi) is 3.41. The van der Waals surface area contributed by atoms with Crippen LogP contribution in [0.5, 0.6) is 0 Å². The first-order valence-electron chi connectivity index (χ1n) is 6.86. The van der Waals surface area contributed by atoms with E-state index in [4.69, 9.17) is 0 Å². The molecule has 1 aliphatic carbocycles. The number of aliphatic hydroxyl groups is 1. The van der Waals surface area contributed by atoms with Gasteiger partial charge in [-0.25, -0.2) is 4.39 Å². The molecule has 1 nitrogen and oxygen atoms in total. The lowest BCUT2D eigenvalue weighted by molar-refractivity contribution is 0.145. The van der Waals surface area contributed by atoms with Crippen LogP contribution in [-0.2, 0) is 6.42 Å². The van der Waals surface area contributed by atoms with Crippen molar-refractivity contribution in [3.8, 4) is 0 Å². The van der Waals surface area contributed by atoms with Crippen molar-refractivity contribution in [3.63, 3.8) is 0 Å². The molecule has 0 saturated heterocycles. The van der Waals surface area contributed by atoms with Gasteiger partial charge in [-0.3, -0.25) is 0 Å². The minimum atomic E-state index is -0.618. The molecule has 20 heavy (non-hydrogen) atoms. The Labute approximate surface area is 118 Å². The molecular formula is C18H17FO. The Hall–Kier alpha value is -1.93. The van der Waals surface area contributed by atoms with E-state index in [0.29, 0.717) is 6.42 Å². The summed E-state index contributed by atoms with van der Waals surface area (Å²) in [6.07, 6.45) is 2.53. The Balaban J connectivity index is 2.19. The van der Waals surface area contributed by atoms with E-state index in [1.54, 1.807) is 12.1 Å². The molecule has 2 heteroatoms. The highest BCUT2D eigenvalue weighted by atomic mass is 19.1. The van der Waals surface area contributed by atoms with Crippen LogP contribution in [0.3, 0.4) is 0 Å². The molecule has 1 aliphatic rings. The second-order valence-corrected chi connectivity index (χ2v) is 5.29. The molecule has 0 bridgehead atoms. The molecule has 0 unspecified atom stereocenters. The molecule has 0 radical (unpaired) electrons. The van der Waals surface area contributed by atoms with Crippen molar-refractivity contribution in [2.45, 2.75) is 24.9 Å². The second kappa shape index (κ2) is 5.22. The summed E-state index contributed by atoms with van der Waals surface area (Å²) in [7, 11) is 0. The average Bonchev–Trinajstić information content (AvgIpc) is 2.56. The van der Waals surface area contributed by atoms with E-state index in [9.17, 15) is 9.50 Å². The van der Waals surface area contributed by atoms with Crippen molar-refractivity contribution in [1.29, 1.82) is 0 Å². The maximum Gasteiger partial charge on any atom is 0.123 e. The predicted molar refractivity (Wildman–Crippen MR) is 78.2 cm³/mol. The van der Waals surface area contributed by atoms with Gasteiger partial charge in [0, 0.05) is 5.92 Å². The van der Waals surface area contributed by atoms with Crippen LogP contribution in [-0.4, -0.2) is 5.11 Å². The van der Waals surface area contributed by atoms with Crippen molar-refractivity contribution in [2.75, 3.05) is 0 Å². The van der Waals surface area contributed by atoms with Crippen molar-refractivity contribution in [3.05, 3.63) is 83.2 Å².